The van der Waals surface area contributed by atoms with Crippen molar-refractivity contribution in [2.75, 3.05) is 13.7 Å². The number of methoxy groups -OCH3 is 1. The van der Waals surface area contributed by atoms with Crippen molar-refractivity contribution >= 4 is 12.6 Å². The third-order valence-corrected chi connectivity index (χ3v) is 5.93. The van der Waals surface area contributed by atoms with Gasteiger partial charge in [-0.25, -0.2) is 9.67 Å². The molecule has 1 aromatic carbocycles. The normalized spacial score (nSPS) is 17.9. The minimum Gasteiger partial charge on any atom is -0.384 e. The third kappa shape index (κ3) is 4.55. The lowest BCUT2D eigenvalue weighted by Gasteiger charge is -2.20. The Morgan fingerprint density at radius 1 is 1.28 bits per heavy atom. The van der Waals surface area contributed by atoms with Crippen LogP contribution in [0.25, 0.3) is 16.9 Å². The molecule has 0 aliphatic heterocycles. The van der Waals surface area contributed by atoms with Gasteiger partial charge in [-0.3, -0.25) is 19.7 Å². The number of pyridine rings is 1. The average molecular weight is 434 g/mol. The van der Waals surface area contributed by atoms with Gasteiger partial charge in [-0.15, -0.1) is 0 Å². The first-order valence-corrected chi connectivity index (χ1v) is 10.7. The van der Waals surface area contributed by atoms with E-state index in [1.54, 1.807) is 25.4 Å². The Morgan fingerprint density at radius 2 is 2.09 bits per heavy atom. The van der Waals surface area contributed by atoms with Crippen LogP contribution in [0.2, 0.25) is 0 Å². The summed E-state index contributed by atoms with van der Waals surface area (Å²) in [4.78, 5) is 33.7. The molecule has 8 heteroatoms. The van der Waals surface area contributed by atoms with E-state index in [9.17, 15) is 9.59 Å². The van der Waals surface area contributed by atoms with E-state index in [-0.39, 0.29) is 17.5 Å². The molecule has 2 heterocycles. The summed E-state index contributed by atoms with van der Waals surface area (Å²) >= 11 is 0. The van der Waals surface area contributed by atoms with Gasteiger partial charge in [0.05, 0.1) is 24.3 Å². The molecule has 1 aliphatic rings. The molecule has 0 saturated heterocycles. The summed E-state index contributed by atoms with van der Waals surface area (Å²) in [6.07, 6.45) is 6.25. The fourth-order valence-corrected chi connectivity index (χ4v) is 4.21. The Labute approximate surface area is 186 Å². The van der Waals surface area contributed by atoms with Crippen LogP contribution < -0.4 is 10.9 Å². The summed E-state index contributed by atoms with van der Waals surface area (Å²) < 4.78 is 6.63. The first-order valence-electron chi connectivity index (χ1n) is 10.7. The molecule has 1 aliphatic carbocycles. The monoisotopic (exact) mass is 433 g/mol. The minimum absolute atomic E-state index is 0.115. The van der Waals surface area contributed by atoms with E-state index < -0.39 is 0 Å². The number of carbonyl (C=O) groups excluding carboxylic acids is 1. The number of benzene rings is 1. The van der Waals surface area contributed by atoms with Crippen LogP contribution in [0.15, 0.2) is 58.6 Å². The van der Waals surface area contributed by atoms with Crippen molar-refractivity contribution < 1.29 is 9.53 Å². The van der Waals surface area contributed by atoms with E-state index in [1.165, 1.54) is 10.9 Å². The van der Waals surface area contributed by atoms with Crippen LogP contribution in [-0.4, -0.2) is 47.1 Å². The Balaban J connectivity index is 1.48. The van der Waals surface area contributed by atoms with Gasteiger partial charge < -0.3 is 10.1 Å². The van der Waals surface area contributed by atoms with Gasteiger partial charge in [0.15, 0.2) is 5.82 Å². The molecule has 2 N–H and O–H groups in total. The second kappa shape index (κ2) is 9.74. The Kier molecular flexibility index (Phi) is 6.61. The third-order valence-electron chi connectivity index (χ3n) is 5.93. The first kappa shape index (κ1) is 21.7. The topological polar surface area (TPSA) is 101 Å². The quantitative estimate of drug-likeness (QED) is 0.533. The zero-order valence-corrected chi connectivity index (χ0v) is 18.1. The standard InChI is InChI=1S/C24H27N5O3/c1-25-12-16-6-8-17(9-7-16)20-14-27-29(24(20)31)22-11-10-18(13-26-22)23(30)28-21-5-3-4-19(21)15-32-2/h6-11,13-14,19,21,27H,1,3-5,12,15H2,2H3,(H,28,30)/t19-,21-/m1/s1. The van der Waals surface area contributed by atoms with Crippen LogP contribution >= 0.6 is 0 Å². The van der Waals surface area contributed by atoms with Gasteiger partial charge in [0, 0.05) is 31.5 Å². The predicted molar refractivity (Wildman–Crippen MR) is 123 cm³/mol. The molecule has 32 heavy (non-hydrogen) atoms. The fraction of sp³-hybridized carbons (Fsp3) is 0.333. The number of H-pyrrole nitrogens is 1. The largest absolute Gasteiger partial charge is 0.384 e. The van der Waals surface area contributed by atoms with Gasteiger partial charge in [-0.2, -0.15) is 0 Å². The molecule has 3 aromatic rings. The van der Waals surface area contributed by atoms with Crippen LogP contribution in [0.5, 0.6) is 0 Å². The number of nitrogens with one attached hydrogen (secondary N) is 2. The smallest absolute Gasteiger partial charge is 0.280 e. The number of aliphatic imine (C=N–C) groups is 1. The second-order valence-electron chi connectivity index (χ2n) is 8.04. The molecule has 0 spiro atoms. The van der Waals surface area contributed by atoms with Crippen LogP contribution in [0, 0.1) is 5.92 Å². The number of aromatic nitrogens is 3. The summed E-state index contributed by atoms with van der Waals surface area (Å²) in [7, 11) is 1.68. The summed E-state index contributed by atoms with van der Waals surface area (Å²) in [5.41, 5.74) is 2.62. The Morgan fingerprint density at radius 3 is 2.78 bits per heavy atom. The molecule has 0 bridgehead atoms. The number of aromatic amines is 1. The molecule has 0 radical (unpaired) electrons. The van der Waals surface area contributed by atoms with Crippen molar-refractivity contribution in [3.8, 4) is 16.9 Å². The maximum absolute atomic E-state index is 12.9. The van der Waals surface area contributed by atoms with Gasteiger partial charge >= 0.3 is 0 Å². The molecule has 8 nitrogen and oxygen atoms in total. The number of rotatable bonds is 8. The lowest BCUT2D eigenvalue weighted by molar-refractivity contribution is 0.0898. The SMILES string of the molecule is C=NCc1ccc(-c2c[nH]n(-c3ccc(C(=O)N[C@@H]4CCC[C@@H]4COC)cn3)c2=O)cc1. The van der Waals surface area contributed by atoms with E-state index in [1.807, 2.05) is 24.3 Å². The van der Waals surface area contributed by atoms with Crippen molar-refractivity contribution in [3.63, 3.8) is 0 Å². The molecule has 4 rings (SSSR count). The van der Waals surface area contributed by atoms with Crippen molar-refractivity contribution in [2.45, 2.75) is 31.8 Å². The first-order chi connectivity index (χ1) is 15.6. The number of hydrogen-bond acceptors (Lipinski definition) is 5. The summed E-state index contributed by atoms with van der Waals surface area (Å²) in [6.45, 7) is 4.68. The molecule has 166 valence electrons. The maximum atomic E-state index is 12.9. The van der Waals surface area contributed by atoms with Gasteiger partial charge in [-0.05, 0) is 42.8 Å². The highest BCUT2D eigenvalue weighted by Crippen LogP contribution is 2.26. The molecule has 1 fully saturated rings. The molecule has 0 unspecified atom stereocenters. The van der Waals surface area contributed by atoms with Crippen molar-refractivity contribution in [3.05, 3.63) is 70.3 Å². The van der Waals surface area contributed by atoms with Crippen LogP contribution in [0.4, 0.5) is 0 Å². The molecule has 2 atom stereocenters. The maximum Gasteiger partial charge on any atom is 0.280 e. The lowest BCUT2D eigenvalue weighted by atomic mass is 10.0. The summed E-state index contributed by atoms with van der Waals surface area (Å²) in [6, 6.07) is 11.1. The van der Waals surface area contributed by atoms with Crippen LogP contribution in [0.1, 0.15) is 35.2 Å². The highest BCUT2D eigenvalue weighted by molar-refractivity contribution is 5.94. The predicted octanol–water partition coefficient (Wildman–Crippen LogP) is 2.97. The average Bonchev–Trinajstić information content (AvgIpc) is 3.41. The Hall–Kier alpha value is -3.52. The van der Waals surface area contributed by atoms with Gasteiger partial charge in [-0.1, -0.05) is 30.7 Å². The fourth-order valence-electron chi connectivity index (χ4n) is 4.21. The number of nitrogens with zero attached hydrogens (tertiary/aromatic N) is 3. The second-order valence-corrected chi connectivity index (χ2v) is 8.04. The Bertz CT molecular complexity index is 1130. The van der Waals surface area contributed by atoms with Crippen molar-refractivity contribution in [1.29, 1.82) is 0 Å². The molecule has 1 amide bonds. The molecular formula is C24H27N5O3. The van der Waals surface area contributed by atoms with E-state index >= 15 is 0 Å². The summed E-state index contributed by atoms with van der Waals surface area (Å²) in [5, 5.41) is 6.05. The lowest BCUT2D eigenvalue weighted by Crippen LogP contribution is -2.38. The molecular weight excluding hydrogens is 406 g/mol. The van der Waals surface area contributed by atoms with Gasteiger partial charge in [0.2, 0.25) is 0 Å². The number of hydrogen-bond donors (Lipinski definition) is 2. The number of ether oxygens (including phenoxy) is 1. The minimum atomic E-state index is -0.210. The highest BCUT2D eigenvalue weighted by atomic mass is 16.5. The zero-order valence-electron chi connectivity index (χ0n) is 18.1. The van der Waals surface area contributed by atoms with Gasteiger partial charge in [0.1, 0.15) is 0 Å². The van der Waals surface area contributed by atoms with Crippen molar-refractivity contribution in [2.24, 2.45) is 10.9 Å². The van der Waals surface area contributed by atoms with Gasteiger partial charge in [0.25, 0.3) is 11.5 Å². The van der Waals surface area contributed by atoms with E-state index in [2.05, 4.69) is 27.1 Å². The van der Waals surface area contributed by atoms with Crippen molar-refractivity contribution in [1.82, 2.24) is 20.1 Å². The summed E-state index contributed by atoms with van der Waals surface area (Å²) in [5.74, 6) is 0.600. The zero-order chi connectivity index (χ0) is 22.5. The highest BCUT2D eigenvalue weighted by Gasteiger charge is 2.28. The molecule has 1 saturated carbocycles. The van der Waals surface area contributed by atoms with Crippen LogP contribution in [-0.2, 0) is 11.3 Å². The number of carbonyl (C=O) groups is 1. The van der Waals surface area contributed by atoms with E-state index in [4.69, 9.17) is 4.74 Å². The van der Waals surface area contributed by atoms with Crippen LogP contribution in [0.3, 0.4) is 0 Å². The molecule has 2 aromatic heterocycles. The number of amides is 1. The van der Waals surface area contributed by atoms with E-state index in [0.29, 0.717) is 36.0 Å². The van der Waals surface area contributed by atoms with E-state index in [0.717, 1.165) is 30.4 Å².